The number of carbonyl (C=O) groups excluding carboxylic acids is 1. The molecule has 1 saturated carbocycles. The number of urea groups is 1. The highest BCUT2D eigenvalue weighted by atomic mass is 32.1. The molecule has 0 aliphatic heterocycles. The number of nitrogens with zero attached hydrogens (tertiary/aromatic N) is 1. The van der Waals surface area contributed by atoms with Crippen molar-refractivity contribution in [1.29, 1.82) is 0 Å². The lowest BCUT2D eigenvalue weighted by Crippen LogP contribution is -2.42. The molecule has 1 aliphatic carbocycles. The van der Waals surface area contributed by atoms with Gasteiger partial charge in [0.2, 0.25) is 0 Å². The number of aryl methyl sites for hydroxylation is 1. The third-order valence-corrected chi connectivity index (χ3v) is 4.29. The minimum absolute atomic E-state index is 0.299. The van der Waals surface area contributed by atoms with Crippen molar-refractivity contribution in [3.63, 3.8) is 0 Å². The molecule has 0 saturated heterocycles. The van der Waals surface area contributed by atoms with Crippen molar-refractivity contribution in [2.75, 3.05) is 11.9 Å². The van der Waals surface area contributed by atoms with Crippen molar-refractivity contribution >= 4 is 22.5 Å². The summed E-state index contributed by atoms with van der Waals surface area (Å²) in [7, 11) is 0. The van der Waals surface area contributed by atoms with Gasteiger partial charge in [0.1, 0.15) is 0 Å². The van der Waals surface area contributed by atoms with Gasteiger partial charge in [-0.3, -0.25) is 5.32 Å². The van der Waals surface area contributed by atoms with Gasteiger partial charge in [0.15, 0.2) is 5.13 Å². The number of amides is 2. The maximum Gasteiger partial charge on any atom is 0.321 e. The van der Waals surface area contributed by atoms with Crippen LogP contribution in [0, 0.1) is 0 Å². The van der Waals surface area contributed by atoms with Crippen LogP contribution in [-0.2, 0) is 6.42 Å². The molecule has 100 valence electrons. The van der Waals surface area contributed by atoms with Crippen molar-refractivity contribution in [1.82, 2.24) is 10.3 Å². The third-order valence-electron chi connectivity index (χ3n) is 3.23. The van der Waals surface area contributed by atoms with Crippen LogP contribution in [-0.4, -0.2) is 28.3 Å². The molecule has 6 heteroatoms. The molecule has 0 atom stereocenters. The fraction of sp³-hybridized carbons (Fsp3) is 0.667. The average molecular weight is 269 g/mol. The Balaban J connectivity index is 1.78. The number of thiazole rings is 1. The Morgan fingerprint density at radius 1 is 1.56 bits per heavy atom. The Kier molecular flexibility index (Phi) is 4.19. The van der Waals surface area contributed by atoms with Crippen LogP contribution in [0.2, 0.25) is 0 Å². The first-order chi connectivity index (χ1) is 8.61. The van der Waals surface area contributed by atoms with Crippen LogP contribution in [0.5, 0.6) is 0 Å². The summed E-state index contributed by atoms with van der Waals surface area (Å²) in [6.45, 7) is 2.36. The Hall–Kier alpha value is -1.14. The summed E-state index contributed by atoms with van der Waals surface area (Å²) in [4.78, 5) is 16.9. The number of aliphatic hydroxyl groups is 1. The van der Waals surface area contributed by atoms with Gasteiger partial charge in [0, 0.05) is 17.6 Å². The summed E-state index contributed by atoms with van der Waals surface area (Å²) >= 11 is 1.47. The van der Waals surface area contributed by atoms with Crippen LogP contribution < -0.4 is 10.6 Å². The van der Waals surface area contributed by atoms with E-state index in [1.165, 1.54) is 11.3 Å². The van der Waals surface area contributed by atoms with Crippen LogP contribution in [0.4, 0.5) is 9.93 Å². The average Bonchev–Trinajstić information content (AvgIpc) is 2.96. The van der Waals surface area contributed by atoms with E-state index in [0.717, 1.165) is 37.0 Å². The van der Waals surface area contributed by atoms with Crippen molar-refractivity contribution in [2.24, 2.45) is 0 Å². The normalized spacial score (nSPS) is 17.7. The third kappa shape index (κ3) is 3.43. The molecule has 0 bridgehead atoms. The summed E-state index contributed by atoms with van der Waals surface area (Å²) in [5.41, 5.74) is -0.713. The van der Waals surface area contributed by atoms with Gasteiger partial charge in [-0.25, -0.2) is 9.78 Å². The fourth-order valence-electron chi connectivity index (χ4n) is 2.12. The zero-order valence-electron chi connectivity index (χ0n) is 10.5. The molecule has 0 spiro atoms. The largest absolute Gasteiger partial charge is 0.388 e. The first-order valence-electron chi connectivity index (χ1n) is 6.33. The van der Waals surface area contributed by atoms with E-state index >= 15 is 0 Å². The van der Waals surface area contributed by atoms with E-state index in [1.807, 2.05) is 6.92 Å². The lowest BCUT2D eigenvalue weighted by atomic mass is 10.0. The summed E-state index contributed by atoms with van der Waals surface area (Å²) in [5, 5.41) is 16.1. The molecular formula is C12H19N3O2S. The number of nitrogens with one attached hydrogen (secondary N) is 2. The number of carbonyl (C=O) groups is 1. The Morgan fingerprint density at radius 2 is 2.28 bits per heavy atom. The smallest absolute Gasteiger partial charge is 0.321 e. The van der Waals surface area contributed by atoms with Crippen molar-refractivity contribution < 1.29 is 9.90 Å². The SMILES string of the molecule is CCc1cnc(NC(=O)NCC2(O)CCCC2)s1. The topological polar surface area (TPSA) is 74.2 Å². The fourth-order valence-corrected chi connectivity index (χ4v) is 2.87. The molecule has 1 aromatic heterocycles. The molecule has 5 nitrogen and oxygen atoms in total. The first kappa shape index (κ1) is 13.3. The highest BCUT2D eigenvalue weighted by Gasteiger charge is 2.31. The van der Waals surface area contributed by atoms with Gasteiger partial charge in [-0.1, -0.05) is 19.8 Å². The molecule has 0 aromatic carbocycles. The van der Waals surface area contributed by atoms with Crippen molar-refractivity contribution in [3.8, 4) is 0 Å². The molecule has 1 aliphatic rings. The molecule has 0 unspecified atom stereocenters. The molecular weight excluding hydrogens is 250 g/mol. The summed E-state index contributed by atoms with van der Waals surface area (Å²) in [6, 6.07) is -0.299. The molecule has 2 amide bonds. The lowest BCUT2D eigenvalue weighted by Gasteiger charge is -2.22. The molecule has 2 rings (SSSR count). The van der Waals surface area contributed by atoms with Crippen LogP contribution >= 0.6 is 11.3 Å². The van der Waals surface area contributed by atoms with Gasteiger partial charge in [-0.15, -0.1) is 11.3 Å². The number of anilines is 1. The molecule has 1 aromatic rings. The van der Waals surface area contributed by atoms with Gasteiger partial charge in [0.05, 0.1) is 5.60 Å². The Labute approximate surface area is 111 Å². The van der Waals surface area contributed by atoms with Gasteiger partial charge >= 0.3 is 6.03 Å². The maximum atomic E-state index is 11.6. The first-order valence-corrected chi connectivity index (χ1v) is 7.15. The van der Waals surface area contributed by atoms with Crippen molar-refractivity contribution in [2.45, 2.75) is 44.6 Å². The van der Waals surface area contributed by atoms with Gasteiger partial charge in [-0.05, 0) is 19.3 Å². The predicted molar refractivity (Wildman–Crippen MR) is 71.9 cm³/mol. The number of hydrogen-bond donors (Lipinski definition) is 3. The van der Waals surface area contributed by atoms with Gasteiger partial charge < -0.3 is 10.4 Å². The van der Waals surface area contributed by atoms with E-state index in [-0.39, 0.29) is 6.03 Å². The second kappa shape index (κ2) is 5.67. The van der Waals surface area contributed by atoms with Crippen LogP contribution in [0.1, 0.15) is 37.5 Å². The number of aromatic nitrogens is 1. The van der Waals surface area contributed by atoms with Crippen LogP contribution in [0.15, 0.2) is 6.20 Å². The highest BCUT2D eigenvalue weighted by Crippen LogP contribution is 2.28. The highest BCUT2D eigenvalue weighted by molar-refractivity contribution is 7.15. The Morgan fingerprint density at radius 3 is 2.89 bits per heavy atom. The van der Waals surface area contributed by atoms with Crippen LogP contribution in [0.3, 0.4) is 0 Å². The van der Waals surface area contributed by atoms with E-state index in [4.69, 9.17) is 0 Å². The molecule has 1 fully saturated rings. The quantitative estimate of drug-likeness (QED) is 0.784. The van der Waals surface area contributed by atoms with Gasteiger partial charge in [-0.2, -0.15) is 0 Å². The Bertz CT molecular complexity index is 413. The minimum Gasteiger partial charge on any atom is -0.388 e. The summed E-state index contributed by atoms with van der Waals surface area (Å²) in [6.07, 6.45) is 6.29. The second-order valence-electron chi connectivity index (χ2n) is 4.72. The van der Waals surface area contributed by atoms with E-state index in [9.17, 15) is 9.90 Å². The molecule has 18 heavy (non-hydrogen) atoms. The van der Waals surface area contributed by atoms with Gasteiger partial charge in [0.25, 0.3) is 0 Å². The number of rotatable bonds is 4. The minimum atomic E-state index is -0.713. The maximum absolute atomic E-state index is 11.6. The predicted octanol–water partition coefficient (Wildman–Crippen LogP) is 2.13. The summed E-state index contributed by atoms with van der Waals surface area (Å²) < 4.78 is 0. The number of hydrogen-bond acceptors (Lipinski definition) is 4. The monoisotopic (exact) mass is 269 g/mol. The molecule has 3 N–H and O–H groups in total. The molecule has 0 radical (unpaired) electrons. The lowest BCUT2D eigenvalue weighted by molar-refractivity contribution is 0.0506. The van der Waals surface area contributed by atoms with Crippen LogP contribution in [0.25, 0.3) is 0 Å². The van der Waals surface area contributed by atoms with E-state index in [2.05, 4.69) is 15.6 Å². The zero-order valence-corrected chi connectivity index (χ0v) is 11.3. The summed E-state index contributed by atoms with van der Waals surface area (Å²) in [5.74, 6) is 0. The second-order valence-corrected chi connectivity index (χ2v) is 5.84. The zero-order chi connectivity index (χ0) is 13.0. The molecule has 1 heterocycles. The van der Waals surface area contributed by atoms with E-state index < -0.39 is 5.60 Å². The van der Waals surface area contributed by atoms with E-state index in [0.29, 0.717) is 11.7 Å². The van der Waals surface area contributed by atoms with Crippen molar-refractivity contribution in [3.05, 3.63) is 11.1 Å². The standard InChI is InChI=1S/C12H19N3O2S/c1-2-9-7-13-11(18-9)15-10(16)14-8-12(17)5-3-4-6-12/h7,17H,2-6,8H2,1H3,(H2,13,14,15,16). The van der Waals surface area contributed by atoms with E-state index in [1.54, 1.807) is 6.20 Å².